The van der Waals surface area contributed by atoms with Gasteiger partial charge in [0.15, 0.2) is 0 Å². The fourth-order valence-electron chi connectivity index (χ4n) is 4.55. The molecule has 4 rings (SSSR count). The second-order valence-corrected chi connectivity index (χ2v) is 9.73. The molecule has 0 spiro atoms. The molecule has 2 saturated heterocycles. The van der Waals surface area contributed by atoms with Gasteiger partial charge in [0, 0.05) is 37.9 Å². The van der Waals surface area contributed by atoms with Crippen molar-refractivity contribution >= 4 is 27.3 Å². The highest BCUT2D eigenvalue weighted by Crippen LogP contribution is 2.27. The summed E-state index contributed by atoms with van der Waals surface area (Å²) in [5, 5.41) is 8.36. The second kappa shape index (κ2) is 9.43. The van der Waals surface area contributed by atoms with Crippen LogP contribution in [0.15, 0.2) is 10.9 Å². The summed E-state index contributed by atoms with van der Waals surface area (Å²) in [4.78, 5) is 34.5. The molecule has 0 aromatic carbocycles. The van der Waals surface area contributed by atoms with Crippen molar-refractivity contribution in [3.63, 3.8) is 0 Å². The van der Waals surface area contributed by atoms with Gasteiger partial charge < -0.3 is 15.1 Å². The van der Waals surface area contributed by atoms with Crippen LogP contribution in [0.1, 0.15) is 44.7 Å². The molecule has 4 heterocycles. The molecule has 2 aromatic heterocycles. The average molecular weight is 433 g/mol. The molecule has 2 atom stereocenters. The van der Waals surface area contributed by atoms with Gasteiger partial charge in [-0.15, -0.1) is 5.10 Å². The molecule has 0 saturated carbocycles. The van der Waals surface area contributed by atoms with Gasteiger partial charge in [-0.25, -0.2) is 4.98 Å². The number of aromatic nitrogens is 3. The molecule has 2 fully saturated rings. The van der Waals surface area contributed by atoms with Crippen molar-refractivity contribution in [2.45, 2.75) is 46.0 Å². The average Bonchev–Trinajstić information content (AvgIpc) is 3.16. The Labute approximate surface area is 181 Å². The van der Waals surface area contributed by atoms with E-state index in [9.17, 15) is 9.59 Å². The molecule has 2 aliphatic rings. The van der Waals surface area contributed by atoms with Crippen LogP contribution in [0.4, 0.5) is 5.13 Å². The number of likely N-dealkylation sites (tertiary alicyclic amines) is 1. The van der Waals surface area contributed by atoms with Crippen molar-refractivity contribution in [1.82, 2.24) is 24.8 Å². The van der Waals surface area contributed by atoms with E-state index >= 15 is 0 Å². The third kappa shape index (κ3) is 5.00. The summed E-state index contributed by atoms with van der Waals surface area (Å²) in [6.45, 7) is 9.80. The van der Waals surface area contributed by atoms with E-state index < -0.39 is 0 Å². The highest BCUT2D eigenvalue weighted by Gasteiger charge is 2.28. The molecular formula is C21H32N6O2S. The van der Waals surface area contributed by atoms with Gasteiger partial charge in [0.2, 0.25) is 16.0 Å². The zero-order valence-electron chi connectivity index (χ0n) is 18.0. The molecule has 0 aliphatic carbocycles. The maximum absolute atomic E-state index is 12.7. The lowest BCUT2D eigenvalue weighted by Gasteiger charge is -2.32. The SMILES string of the molecule is Cc1cc(=O)n2nc(N3CCC[C@@H](C(=O)NCCCN4CCC[C@H](C)C4)C3)sc2n1. The Kier molecular flexibility index (Phi) is 6.67. The van der Waals surface area contributed by atoms with E-state index in [0.29, 0.717) is 17.2 Å². The van der Waals surface area contributed by atoms with E-state index in [0.717, 1.165) is 49.9 Å². The first-order valence-corrected chi connectivity index (χ1v) is 11.9. The van der Waals surface area contributed by atoms with E-state index in [1.165, 1.54) is 47.8 Å². The summed E-state index contributed by atoms with van der Waals surface area (Å²) < 4.78 is 1.36. The number of carbonyl (C=O) groups excluding carboxylic acids is 1. The number of nitrogens with one attached hydrogen (secondary N) is 1. The highest BCUT2D eigenvalue weighted by molar-refractivity contribution is 7.20. The first kappa shape index (κ1) is 21.2. The van der Waals surface area contributed by atoms with Crippen LogP contribution >= 0.6 is 11.3 Å². The number of piperidine rings is 2. The van der Waals surface area contributed by atoms with Crippen LogP contribution < -0.4 is 15.8 Å². The number of nitrogens with zero attached hydrogens (tertiary/aromatic N) is 5. The molecule has 1 amide bonds. The zero-order valence-corrected chi connectivity index (χ0v) is 18.8. The molecule has 2 aromatic rings. The molecule has 30 heavy (non-hydrogen) atoms. The van der Waals surface area contributed by atoms with Gasteiger partial charge in [0.25, 0.3) is 5.56 Å². The van der Waals surface area contributed by atoms with E-state index in [1.54, 1.807) is 0 Å². The normalized spacial score (nSPS) is 23.1. The predicted octanol–water partition coefficient (Wildman–Crippen LogP) is 1.91. The summed E-state index contributed by atoms with van der Waals surface area (Å²) in [6.07, 6.45) is 5.47. The monoisotopic (exact) mass is 432 g/mol. The van der Waals surface area contributed by atoms with Crippen LogP contribution in [0.3, 0.4) is 0 Å². The highest BCUT2D eigenvalue weighted by atomic mass is 32.1. The van der Waals surface area contributed by atoms with Crippen molar-refractivity contribution in [2.24, 2.45) is 11.8 Å². The summed E-state index contributed by atoms with van der Waals surface area (Å²) >= 11 is 1.41. The Morgan fingerprint density at radius 3 is 2.93 bits per heavy atom. The van der Waals surface area contributed by atoms with E-state index in [2.05, 4.69) is 32.1 Å². The van der Waals surface area contributed by atoms with Crippen LogP contribution in [0.2, 0.25) is 0 Å². The number of aryl methyl sites for hydroxylation is 1. The molecule has 9 heteroatoms. The molecule has 1 N–H and O–H groups in total. The van der Waals surface area contributed by atoms with Gasteiger partial charge in [-0.2, -0.15) is 4.52 Å². The Hall–Kier alpha value is -2.00. The predicted molar refractivity (Wildman–Crippen MR) is 119 cm³/mol. The van der Waals surface area contributed by atoms with Crippen molar-refractivity contribution < 1.29 is 4.79 Å². The van der Waals surface area contributed by atoms with Gasteiger partial charge in [-0.05, 0) is 58.0 Å². The van der Waals surface area contributed by atoms with Crippen molar-refractivity contribution in [3.8, 4) is 0 Å². The van der Waals surface area contributed by atoms with Crippen LogP contribution in [0, 0.1) is 18.8 Å². The van der Waals surface area contributed by atoms with Gasteiger partial charge >= 0.3 is 0 Å². The topological polar surface area (TPSA) is 82.8 Å². The van der Waals surface area contributed by atoms with Gasteiger partial charge in [-0.1, -0.05) is 18.3 Å². The number of carbonyl (C=O) groups is 1. The van der Waals surface area contributed by atoms with Gasteiger partial charge in [-0.3, -0.25) is 9.59 Å². The molecular weight excluding hydrogens is 400 g/mol. The fourth-order valence-corrected chi connectivity index (χ4v) is 5.54. The molecule has 2 aliphatic heterocycles. The number of amides is 1. The van der Waals surface area contributed by atoms with Crippen molar-refractivity contribution in [2.75, 3.05) is 44.2 Å². The minimum Gasteiger partial charge on any atom is -0.356 e. The fraction of sp³-hybridized carbons (Fsp3) is 0.714. The first-order valence-electron chi connectivity index (χ1n) is 11.1. The Morgan fingerprint density at radius 1 is 1.27 bits per heavy atom. The Morgan fingerprint density at radius 2 is 2.10 bits per heavy atom. The third-order valence-electron chi connectivity index (χ3n) is 6.12. The number of anilines is 1. The lowest BCUT2D eigenvalue weighted by molar-refractivity contribution is -0.125. The first-order chi connectivity index (χ1) is 14.5. The van der Waals surface area contributed by atoms with Crippen LogP contribution in [-0.2, 0) is 4.79 Å². The molecule has 0 bridgehead atoms. The summed E-state index contributed by atoms with van der Waals surface area (Å²) in [7, 11) is 0. The number of fused-ring (bicyclic) bond motifs is 1. The van der Waals surface area contributed by atoms with Crippen LogP contribution in [0.5, 0.6) is 0 Å². The van der Waals surface area contributed by atoms with Crippen LogP contribution in [0.25, 0.3) is 4.96 Å². The molecule has 8 nitrogen and oxygen atoms in total. The quantitative estimate of drug-likeness (QED) is 0.702. The van der Waals surface area contributed by atoms with Crippen LogP contribution in [-0.4, -0.2) is 64.7 Å². The minimum atomic E-state index is -0.158. The summed E-state index contributed by atoms with van der Waals surface area (Å²) in [5.74, 6) is 0.894. The second-order valence-electron chi connectivity index (χ2n) is 8.79. The Bertz CT molecular complexity index is 941. The van der Waals surface area contributed by atoms with Crippen molar-refractivity contribution in [1.29, 1.82) is 0 Å². The van der Waals surface area contributed by atoms with E-state index in [4.69, 9.17) is 0 Å². The molecule has 0 radical (unpaired) electrons. The lowest BCUT2D eigenvalue weighted by Crippen LogP contribution is -2.44. The number of rotatable bonds is 6. The maximum atomic E-state index is 12.7. The lowest BCUT2D eigenvalue weighted by atomic mass is 9.97. The largest absolute Gasteiger partial charge is 0.356 e. The summed E-state index contributed by atoms with van der Waals surface area (Å²) in [6, 6.07) is 1.49. The van der Waals surface area contributed by atoms with E-state index in [-0.39, 0.29) is 17.4 Å². The number of hydrogen-bond acceptors (Lipinski definition) is 7. The minimum absolute atomic E-state index is 0.0350. The Balaban J connectivity index is 1.28. The summed E-state index contributed by atoms with van der Waals surface area (Å²) in [5.41, 5.74) is 0.541. The third-order valence-corrected chi connectivity index (χ3v) is 7.09. The van der Waals surface area contributed by atoms with Gasteiger partial charge in [0.05, 0.1) is 5.92 Å². The zero-order chi connectivity index (χ0) is 21.1. The van der Waals surface area contributed by atoms with Crippen molar-refractivity contribution in [3.05, 3.63) is 22.1 Å². The number of hydrogen-bond donors (Lipinski definition) is 1. The molecule has 164 valence electrons. The van der Waals surface area contributed by atoms with Gasteiger partial charge in [0.1, 0.15) is 0 Å². The maximum Gasteiger partial charge on any atom is 0.275 e. The van der Waals surface area contributed by atoms with E-state index in [1.807, 2.05) is 6.92 Å². The standard InChI is InChI=1S/C21H32N6O2S/c1-15-6-3-9-25(13-15)10-5-8-22-19(29)17-7-4-11-26(14-17)21-24-27-18(28)12-16(2)23-20(27)30-21/h12,15,17H,3-11,13-14H2,1-2H3,(H,22,29)/t15-,17+/m0/s1. The molecule has 0 unspecified atom stereocenters. The smallest absolute Gasteiger partial charge is 0.275 e.